The van der Waals surface area contributed by atoms with E-state index in [1.54, 1.807) is 11.5 Å². The molecule has 0 saturated heterocycles. The van der Waals surface area contributed by atoms with Crippen molar-refractivity contribution < 1.29 is 4.79 Å². The van der Waals surface area contributed by atoms with E-state index in [4.69, 9.17) is 5.73 Å². The molecule has 7 nitrogen and oxygen atoms in total. The lowest BCUT2D eigenvalue weighted by Crippen LogP contribution is -2.56. The summed E-state index contributed by atoms with van der Waals surface area (Å²) >= 11 is 1.36. The van der Waals surface area contributed by atoms with Crippen molar-refractivity contribution in [3.05, 3.63) is 10.5 Å². The van der Waals surface area contributed by atoms with E-state index in [9.17, 15) is 9.59 Å². The molecule has 1 aliphatic rings. The number of carbonyl (C=O) groups is 1. The summed E-state index contributed by atoms with van der Waals surface area (Å²) in [7, 11) is 0. The molecule has 1 aromatic rings. The second-order valence-electron chi connectivity index (χ2n) is 5.68. The van der Waals surface area contributed by atoms with Crippen LogP contribution in [0.2, 0.25) is 0 Å². The molecule has 0 bridgehead atoms. The summed E-state index contributed by atoms with van der Waals surface area (Å²) < 4.78 is 1.57. The first kappa shape index (κ1) is 15.1. The highest BCUT2D eigenvalue weighted by atomic mass is 32.2. The fourth-order valence-electron chi connectivity index (χ4n) is 1.92. The van der Waals surface area contributed by atoms with Gasteiger partial charge in [0.25, 0.3) is 0 Å². The zero-order valence-corrected chi connectivity index (χ0v) is 12.8. The molecule has 1 atom stereocenters. The van der Waals surface area contributed by atoms with Crippen LogP contribution in [0.1, 0.15) is 39.7 Å². The van der Waals surface area contributed by atoms with Crippen LogP contribution < -0.4 is 16.7 Å². The average molecular weight is 299 g/mol. The molecule has 1 amide bonds. The normalized spacial score (nSPS) is 18.2. The first-order chi connectivity index (χ1) is 9.33. The molecule has 0 aromatic carbocycles. The van der Waals surface area contributed by atoms with Gasteiger partial charge in [-0.1, -0.05) is 11.8 Å². The number of hydrogen-bond acceptors (Lipinski definition) is 5. The van der Waals surface area contributed by atoms with Gasteiger partial charge in [-0.3, -0.25) is 9.36 Å². The highest BCUT2D eigenvalue weighted by Crippen LogP contribution is 2.26. The maximum absolute atomic E-state index is 11.7. The Hall–Kier alpha value is -1.28. The highest BCUT2D eigenvalue weighted by Gasteiger charge is 2.37. The van der Waals surface area contributed by atoms with Crippen molar-refractivity contribution in [3.63, 3.8) is 0 Å². The number of nitrogens with two attached hydrogens (primary N) is 1. The van der Waals surface area contributed by atoms with Crippen molar-refractivity contribution in [3.8, 4) is 0 Å². The number of aromatic nitrogens is 3. The summed E-state index contributed by atoms with van der Waals surface area (Å²) in [6.45, 7) is 5.62. The Kier molecular flexibility index (Phi) is 4.24. The molecule has 1 aromatic heterocycles. The van der Waals surface area contributed by atoms with Gasteiger partial charge in [0.05, 0.1) is 0 Å². The van der Waals surface area contributed by atoms with E-state index >= 15 is 0 Å². The zero-order chi connectivity index (χ0) is 14.9. The number of rotatable bonds is 7. The molecule has 1 saturated carbocycles. The van der Waals surface area contributed by atoms with E-state index in [2.05, 4.69) is 15.5 Å². The van der Waals surface area contributed by atoms with Crippen molar-refractivity contribution >= 4 is 17.7 Å². The fraction of sp³-hybridized carbons (Fsp3) is 0.750. The third-order valence-electron chi connectivity index (χ3n) is 3.32. The third kappa shape index (κ3) is 3.24. The number of hydrogen-bond donors (Lipinski definition) is 3. The van der Waals surface area contributed by atoms with Crippen LogP contribution in [0.5, 0.6) is 0 Å². The van der Waals surface area contributed by atoms with E-state index in [0.29, 0.717) is 17.0 Å². The maximum atomic E-state index is 11.7. The Labute approximate surface area is 121 Å². The van der Waals surface area contributed by atoms with E-state index < -0.39 is 5.54 Å². The van der Waals surface area contributed by atoms with Gasteiger partial charge in [-0.15, -0.1) is 5.10 Å². The lowest BCUT2D eigenvalue weighted by atomic mass is 10.1. The van der Waals surface area contributed by atoms with Crippen LogP contribution in [0, 0.1) is 0 Å². The van der Waals surface area contributed by atoms with Crippen LogP contribution in [0.15, 0.2) is 9.95 Å². The quantitative estimate of drug-likeness (QED) is 0.625. The second kappa shape index (κ2) is 5.61. The van der Waals surface area contributed by atoms with Crippen molar-refractivity contribution in [2.45, 2.75) is 56.4 Å². The number of primary amides is 1. The summed E-state index contributed by atoms with van der Waals surface area (Å²) in [5.74, 6) is 0.0569. The maximum Gasteiger partial charge on any atom is 0.344 e. The molecule has 0 spiro atoms. The molecular weight excluding hydrogens is 278 g/mol. The van der Waals surface area contributed by atoms with Crippen LogP contribution in [0.25, 0.3) is 0 Å². The summed E-state index contributed by atoms with van der Waals surface area (Å²) in [4.78, 5) is 23.3. The molecule has 1 heterocycles. The predicted molar refractivity (Wildman–Crippen MR) is 77.7 cm³/mol. The molecule has 20 heavy (non-hydrogen) atoms. The Morgan fingerprint density at radius 3 is 2.80 bits per heavy atom. The number of amides is 1. The summed E-state index contributed by atoms with van der Waals surface area (Å²) in [5, 5.41) is 10.3. The van der Waals surface area contributed by atoms with Gasteiger partial charge in [0, 0.05) is 17.8 Å². The van der Waals surface area contributed by atoms with Gasteiger partial charge in [-0.25, -0.2) is 9.89 Å². The molecule has 4 N–H and O–H groups in total. The first-order valence-corrected chi connectivity index (χ1v) is 7.69. The van der Waals surface area contributed by atoms with Crippen molar-refractivity contribution in [1.29, 1.82) is 0 Å². The number of nitrogens with one attached hydrogen (secondary N) is 2. The molecule has 0 radical (unpaired) electrons. The highest BCUT2D eigenvalue weighted by molar-refractivity contribution is 7.99. The first-order valence-electron chi connectivity index (χ1n) is 6.71. The van der Waals surface area contributed by atoms with Crippen LogP contribution in [0.4, 0.5) is 0 Å². The summed E-state index contributed by atoms with van der Waals surface area (Å²) in [5.41, 5.74) is 4.48. The van der Waals surface area contributed by atoms with Gasteiger partial charge < -0.3 is 11.1 Å². The summed E-state index contributed by atoms with van der Waals surface area (Å²) in [6.07, 6.45) is 2.15. The molecule has 1 aliphatic carbocycles. The Morgan fingerprint density at radius 2 is 2.30 bits per heavy atom. The van der Waals surface area contributed by atoms with Crippen molar-refractivity contribution in [1.82, 2.24) is 20.1 Å². The van der Waals surface area contributed by atoms with Gasteiger partial charge in [-0.2, -0.15) is 0 Å². The number of carbonyl (C=O) groups excluding carboxylic acids is 1. The third-order valence-corrected chi connectivity index (χ3v) is 4.59. The minimum Gasteiger partial charge on any atom is -0.368 e. The van der Waals surface area contributed by atoms with Crippen LogP contribution in [-0.4, -0.2) is 38.0 Å². The molecule has 1 fully saturated rings. The Morgan fingerprint density at radius 1 is 1.65 bits per heavy atom. The molecule has 2 rings (SSSR count). The minimum atomic E-state index is -0.789. The van der Waals surface area contributed by atoms with Crippen LogP contribution >= 0.6 is 11.8 Å². The number of H-pyrrole nitrogens is 1. The largest absolute Gasteiger partial charge is 0.368 e. The SMILES string of the molecule is CC(C)n1c(SCC(C)(NC2CC2)C(N)=O)n[nH]c1=O. The van der Waals surface area contributed by atoms with E-state index in [1.807, 2.05) is 13.8 Å². The Bertz CT molecular complexity index is 548. The van der Waals surface area contributed by atoms with Crippen LogP contribution in [-0.2, 0) is 4.79 Å². The molecular formula is C12H21N5O2S. The van der Waals surface area contributed by atoms with E-state index in [-0.39, 0.29) is 17.6 Å². The van der Waals surface area contributed by atoms with Gasteiger partial charge in [0.15, 0.2) is 5.16 Å². The van der Waals surface area contributed by atoms with Gasteiger partial charge >= 0.3 is 5.69 Å². The van der Waals surface area contributed by atoms with Crippen molar-refractivity contribution in [2.24, 2.45) is 5.73 Å². The molecule has 1 unspecified atom stereocenters. The van der Waals surface area contributed by atoms with Crippen LogP contribution in [0.3, 0.4) is 0 Å². The average Bonchev–Trinajstić information content (AvgIpc) is 3.07. The van der Waals surface area contributed by atoms with Crippen molar-refractivity contribution in [2.75, 3.05) is 5.75 Å². The molecule has 8 heteroatoms. The standard InChI is InChI=1S/C12H21N5O2S/c1-7(2)17-10(19)15-16-11(17)20-6-12(3,9(13)18)14-8-4-5-8/h7-8,14H,4-6H2,1-3H3,(H2,13,18)(H,15,19). The number of nitrogens with zero attached hydrogens (tertiary/aromatic N) is 2. The van der Waals surface area contributed by atoms with Gasteiger partial charge in [0.1, 0.15) is 5.54 Å². The summed E-state index contributed by atoms with van der Waals surface area (Å²) in [6, 6.07) is 0.388. The zero-order valence-electron chi connectivity index (χ0n) is 12.0. The smallest absolute Gasteiger partial charge is 0.344 e. The lowest BCUT2D eigenvalue weighted by Gasteiger charge is -2.27. The number of aromatic amines is 1. The number of thioether (sulfide) groups is 1. The molecule has 0 aliphatic heterocycles. The Balaban J connectivity index is 2.09. The second-order valence-corrected chi connectivity index (χ2v) is 6.62. The van der Waals surface area contributed by atoms with Gasteiger partial charge in [-0.05, 0) is 33.6 Å². The monoisotopic (exact) mass is 299 g/mol. The van der Waals surface area contributed by atoms with E-state index in [0.717, 1.165) is 12.8 Å². The van der Waals surface area contributed by atoms with Gasteiger partial charge in [0.2, 0.25) is 5.91 Å². The predicted octanol–water partition coefficient (Wildman–Crippen LogP) is 0.240. The van der Waals surface area contributed by atoms with E-state index in [1.165, 1.54) is 11.8 Å². The topological polar surface area (TPSA) is 106 Å². The minimum absolute atomic E-state index is 0.0139. The lowest BCUT2D eigenvalue weighted by molar-refractivity contribution is -0.123. The fourth-order valence-corrected chi connectivity index (χ4v) is 3.10. The molecule has 112 valence electrons.